The van der Waals surface area contributed by atoms with Gasteiger partial charge in [-0.15, -0.1) is 0 Å². The van der Waals surface area contributed by atoms with Crippen LogP contribution in [0.1, 0.15) is 33.6 Å². The normalized spacial score (nSPS) is 10.8. The molecule has 16 heavy (non-hydrogen) atoms. The van der Waals surface area contributed by atoms with Crippen LogP contribution in [0.25, 0.3) is 0 Å². The summed E-state index contributed by atoms with van der Waals surface area (Å²) in [6.07, 6.45) is 3.78. The fourth-order valence-corrected chi connectivity index (χ4v) is 1.33. The lowest BCUT2D eigenvalue weighted by Gasteiger charge is -2.09. The second-order valence-corrected chi connectivity index (χ2v) is 4.43. The van der Waals surface area contributed by atoms with Crippen LogP contribution in [0.3, 0.4) is 0 Å². The van der Waals surface area contributed by atoms with Gasteiger partial charge in [0.15, 0.2) is 0 Å². The molecule has 1 aromatic heterocycles. The van der Waals surface area contributed by atoms with Gasteiger partial charge in [0, 0.05) is 19.2 Å². The van der Waals surface area contributed by atoms with Crippen LogP contribution in [0.15, 0.2) is 17.1 Å². The van der Waals surface area contributed by atoms with Crippen molar-refractivity contribution in [1.29, 1.82) is 0 Å². The first-order chi connectivity index (χ1) is 7.63. The van der Waals surface area contributed by atoms with E-state index >= 15 is 0 Å². The van der Waals surface area contributed by atoms with E-state index in [0.29, 0.717) is 12.5 Å². The fraction of sp³-hybridized carbons (Fsp3) is 0.667. The Labute approximate surface area is 96.7 Å². The van der Waals surface area contributed by atoms with Gasteiger partial charge in [-0.1, -0.05) is 27.2 Å². The highest BCUT2D eigenvalue weighted by molar-refractivity contribution is 5.38. The Balaban J connectivity index is 2.63. The Morgan fingerprint density at radius 2 is 2.25 bits per heavy atom. The summed E-state index contributed by atoms with van der Waals surface area (Å²) in [7, 11) is 0. The van der Waals surface area contributed by atoms with Crippen LogP contribution in [0.2, 0.25) is 0 Å². The smallest absolute Gasteiger partial charge is 0.268 e. The maximum atomic E-state index is 11.7. The molecule has 1 aromatic rings. The van der Waals surface area contributed by atoms with E-state index < -0.39 is 0 Å². The van der Waals surface area contributed by atoms with Crippen LogP contribution in [0.4, 0.5) is 5.69 Å². The van der Waals surface area contributed by atoms with E-state index in [9.17, 15) is 4.79 Å². The summed E-state index contributed by atoms with van der Waals surface area (Å²) in [5.74, 6) is 0.558. The summed E-state index contributed by atoms with van der Waals surface area (Å²) < 4.78 is 1.52. The molecule has 0 aliphatic carbocycles. The Kier molecular flexibility index (Phi) is 5.02. The van der Waals surface area contributed by atoms with Gasteiger partial charge in [0.2, 0.25) is 0 Å². The van der Waals surface area contributed by atoms with Crippen molar-refractivity contribution >= 4 is 5.69 Å². The summed E-state index contributed by atoms with van der Waals surface area (Å²) in [4.78, 5) is 11.7. The van der Waals surface area contributed by atoms with Gasteiger partial charge < -0.3 is 5.32 Å². The topological polar surface area (TPSA) is 46.9 Å². The van der Waals surface area contributed by atoms with Gasteiger partial charge in [0.1, 0.15) is 0 Å². The van der Waals surface area contributed by atoms with E-state index in [1.54, 1.807) is 12.3 Å². The molecule has 0 saturated heterocycles. The Morgan fingerprint density at radius 3 is 2.81 bits per heavy atom. The third-order valence-electron chi connectivity index (χ3n) is 2.31. The lowest BCUT2D eigenvalue weighted by Crippen LogP contribution is -2.23. The first-order valence-corrected chi connectivity index (χ1v) is 5.94. The zero-order chi connectivity index (χ0) is 12.0. The Hall–Kier alpha value is -1.32. The molecule has 0 aliphatic rings. The van der Waals surface area contributed by atoms with Crippen molar-refractivity contribution in [3.8, 4) is 0 Å². The van der Waals surface area contributed by atoms with Gasteiger partial charge in [-0.2, -0.15) is 5.10 Å². The third kappa shape index (κ3) is 4.04. The highest BCUT2D eigenvalue weighted by atomic mass is 16.1. The quantitative estimate of drug-likeness (QED) is 0.803. The first kappa shape index (κ1) is 12.7. The molecule has 0 bridgehead atoms. The van der Waals surface area contributed by atoms with Gasteiger partial charge in [0.05, 0.1) is 11.9 Å². The van der Waals surface area contributed by atoms with Gasteiger partial charge in [-0.25, -0.2) is 4.68 Å². The number of hydrogen-bond donors (Lipinski definition) is 1. The average molecular weight is 223 g/mol. The standard InChI is InChI=1S/C12H21N3O/c1-4-5-6-15-12(16)7-11(9-14-15)13-8-10(2)3/h7,9-10,13H,4-6,8H2,1-3H3. The van der Waals surface area contributed by atoms with Crippen molar-refractivity contribution in [2.24, 2.45) is 5.92 Å². The Morgan fingerprint density at radius 1 is 1.50 bits per heavy atom. The van der Waals surface area contributed by atoms with Gasteiger partial charge in [-0.3, -0.25) is 4.79 Å². The van der Waals surface area contributed by atoms with Crippen molar-refractivity contribution < 1.29 is 0 Å². The molecule has 0 aromatic carbocycles. The van der Waals surface area contributed by atoms with Crippen molar-refractivity contribution in [1.82, 2.24) is 9.78 Å². The monoisotopic (exact) mass is 223 g/mol. The number of rotatable bonds is 6. The van der Waals surface area contributed by atoms with Gasteiger partial charge in [-0.05, 0) is 12.3 Å². The number of nitrogens with zero attached hydrogens (tertiary/aromatic N) is 2. The molecule has 0 spiro atoms. The molecule has 90 valence electrons. The molecule has 1 N–H and O–H groups in total. The molecule has 1 heterocycles. The molecule has 0 unspecified atom stereocenters. The van der Waals surface area contributed by atoms with Crippen molar-refractivity contribution in [3.05, 3.63) is 22.6 Å². The number of unbranched alkanes of at least 4 members (excludes halogenated alkanes) is 1. The number of aryl methyl sites for hydroxylation is 1. The minimum absolute atomic E-state index is 0.0257. The maximum Gasteiger partial charge on any atom is 0.268 e. The lowest BCUT2D eigenvalue weighted by atomic mass is 10.2. The molecule has 0 aliphatic heterocycles. The third-order valence-corrected chi connectivity index (χ3v) is 2.31. The van der Waals surface area contributed by atoms with Crippen LogP contribution in [0, 0.1) is 5.92 Å². The predicted molar refractivity (Wildman–Crippen MR) is 66.7 cm³/mol. The van der Waals surface area contributed by atoms with Crippen LogP contribution < -0.4 is 10.9 Å². The molecule has 0 radical (unpaired) electrons. The second kappa shape index (κ2) is 6.30. The van der Waals surface area contributed by atoms with E-state index in [1.807, 2.05) is 0 Å². The van der Waals surface area contributed by atoms with E-state index in [0.717, 1.165) is 25.1 Å². The zero-order valence-corrected chi connectivity index (χ0v) is 10.4. The maximum absolute atomic E-state index is 11.7. The molecule has 0 saturated carbocycles. The minimum Gasteiger partial charge on any atom is -0.383 e. The fourth-order valence-electron chi connectivity index (χ4n) is 1.33. The SMILES string of the molecule is CCCCn1ncc(NCC(C)C)cc1=O. The zero-order valence-electron chi connectivity index (χ0n) is 10.4. The summed E-state index contributed by atoms with van der Waals surface area (Å²) in [5.41, 5.74) is 0.786. The second-order valence-electron chi connectivity index (χ2n) is 4.43. The number of hydrogen-bond acceptors (Lipinski definition) is 3. The predicted octanol–water partition coefficient (Wildman–Crippen LogP) is 2.11. The van der Waals surface area contributed by atoms with Crippen LogP contribution in [-0.2, 0) is 6.54 Å². The molecule has 0 atom stereocenters. The summed E-state index contributed by atoms with van der Waals surface area (Å²) in [6, 6.07) is 1.62. The molecule has 4 nitrogen and oxygen atoms in total. The van der Waals surface area contributed by atoms with Gasteiger partial charge >= 0.3 is 0 Å². The lowest BCUT2D eigenvalue weighted by molar-refractivity contribution is 0.543. The van der Waals surface area contributed by atoms with Crippen molar-refractivity contribution in [2.75, 3.05) is 11.9 Å². The largest absolute Gasteiger partial charge is 0.383 e. The molecule has 4 heteroatoms. The molecule has 1 rings (SSSR count). The number of anilines is 1. The molecule has 0 fully saturated rings. The van der Waals surface area contributed by atoms with E-state index in [4.69, 9.17) is 0 Å². The van der Waals surface area contributed by atoms with Crippen LogP contribution in [-0.4, -0.2) is 16.3 Å². The van der Waals surface area contributed by atoms with Crippen LogP contribution in [0.5, 0.6) is 0 Å². The molecule has 0 amide bonds. The molecular weight excluding hydrogens is 202 g/mol. The first-order valence-electron chi connectivity index (χ1n) is 5.94. The van der Waals surface area contributed by atoms with Crippen molar-refractivity contribution in [2.45, 2.75) is 40.2 Å². The van der Waals surface area contributed by atoms with Crippen LogP contribution >= 0.6 is 0 Å². The van der Waals surface area contributed by atoms with E-state index in [2.05, 4.69) is 31.2 Å². The number of aromatic nitrogens is 2. The highest BCUT2D eigenvalue weighted by Crippen LogP contribution is 2.02. The summed E-state index contributed by atoms with van der Waals surface area (Å²) in [6.45, 7) is 7.93. The van der Waals surface area contributed by atoms with Gasteiger partial charge in [0.25, 0.3) is 5.56 Å². The highest BCUT2D eigenvalue weighted by Gasteiger charge is 2.00. The van der Waals surface area contributed by atoms with E-state index in [-0.39, 0.29) is 5.56 Å². The number of nitrogens with one attached hydrogen (secondary N) is 1. The summed E-state index contributed by atoms with van der Waals surface area (Å²) in [5, 5.41) is 7.33. The average Bonchev–Trinajstić information content (AvgIpc) is 2.25. The molecular formula is C12H21N3O. The minimum atomic E-state index is -0.0257. The van der Waals surface area contributed by atoms with E-state index in [1.165, 1.54) is 4.68 Å². The Bertz CT molecular complexity index is 371. The summed E-state index contributed by atoms with van der Waals surface area (Å²) >= 11 is 0. The van der Waals surface area contributed by atoms with Crippen molar-refractivity contribution in [3.63, 3.8) is 0 Å².